The number of alkyl halides is 3. The second kappa shape index (κ2) is 7.63. The third-order valence-corrected chi connectivity index (χ3v) is 3.53. The van der Waals surface area contributed by atoms with Crippen molar-refractivity contribution in [3.05, 3.63) is 29.8 Å². The van der Waals surface area contributed by atoms with Crippen LogP contribution < -0.4 is 10.6 Å². The van der Waals surface area contributed by atoms with Gasteiger partial charge in [0.1, 0.15) is 6.10 Å². The van der Waals surface area contributed by atoms with E-state index in [0.29, 0.717) is 13.2 Å². The Kier molecular flexibility index (Phi) is 5.79. The van der Waals surface area contributed by atoms with Crippen molar-refractivity contribution in [1.29, 1.82) is 0 Å². The minimum Gasteiger partial charge on any atom is -0.366 e. The van der Waals surface area contributed by atoms with E-state index < -0.39 is 23.8 Å². The van der Waals surface area contributed by atoms with Gasteiger partial charge in [-0.1, -0.05) is 6.07 Å². The number of likely N-dealkylation sites (N-methyl/N-ethyl adjacent to an activating group) is 1. The zero-order chi connectivity index (χ0) is 17.7. The molecule has 0 spiro atoms. The first kappa shape index (κ1) is 18.2. The zero-order valence-corrected chi connectivity index (χ0v) is 13.0. The summed E-state index contributed by atoms with van der Waals surface area (Å²) in [7, 11) is 1.49. The fraction of sp³-hybridized carbons (Fsp3) is 0.467. The minimum atomic E-state index is -4.47. The summed E-state index contributed by atoms with van der Waals surface area (Å²) in [5, 5.41) is 4.91. The Labute approximate surface area is 137 Å². The fourth-order valence-electron chi connectivity index (χ4n) is 2.34. The second-order valence-corrected chi connectivity index (χ2v) is 5.34. The molecule has 6 nitrogen and oxygen atoms in total. The van der Waals surface area contributed by atoms with Gasteiger partial charge in [-0.3, -0.25) is 14.5 Å². The van der Waals surface area contributed by atoms with Crippen molar-refractivity contribution in [2.45, 2.75) is 12.3 Å². The van der Waals surface area contributed by atoms with Crippen molar-refractivity contribution < 1.29 is 27.5 Å². The van der Waals surface area contributed by atoms with Gasteiger partial charge in [0.2, 0.25) is 11.8 Å². The van der Waals surface area contributed by atoms with Crippen molar-refractivity contribution in [3.8, 4) is 0 Å². The van der Waals surface area contributed by atoms with Gasteiger partial charge in [-0.2, -0.15) is 13.2 Å². The number of carbonyl (C=O) groups is 2. The predicted molar refractivity (Wildman–Crippen MR) is 80.3 cm³/mol. The van der Waals surface area contributed by atoms with Crippen LogP contribution in [0.5, 0.6) is 0 Å². The zero-order valence-electron chi connectivity index (χ0n) is 13.0. The van der Waals surface area contributed by atoms with E-state index in [0.717, 1.165) is 12.1 Å². The van der Waals surface area contributed by atoms with Gasteiger partial charge in [-0.05, 0) is 18.2 Å². The molecule has 1 aliphatic rings. The fourth-order valence-corrected chi connectivity index (χ4v) is 2.34. The van der Waals surface area contributed by atoms with E-state index in [1.54, 1.807) is 4.90 Å². The summed E-state index contributed by atoms with van der Waals surface area (Å²) in [5.41, 5.74) is -0.753. The molecule has 9 heteroatoms. The van der Waals surface area contributed by atoms with Crippen LogP contribution in [-0.2, 0) is 20.5 Å². The van der Waals surface area contributed by atoms with Crippen LogP contribution in [-0.4, -0.2) is 56.1 Å². The number of ether oxygens (including phenoxy) is 1. The van der Waals surface area contributed by atoms with Crippen molar-refractivity contribution >= 4 is 17.5 Å². The van der Waals surface area contributed by atoms with E-state index in [4.69, 9.17) is 4.74 Å². The van der Waals surface area contributed by atoms with Crippen LogP contribution in [0.3, 0.4) is 0 Å². The summed E-state index contributed by atoms with van der Waals surface area (Å²) >= 11 is 0. The number of anilines is 1. The van der Waals surface area contributed by atoms with E-state index in [2.05, 4.69) is 10.6 Å². The molecule has 0 aliphatic carbocycles. The Morgan fingerprint density at radius 3 is 2.79 bits per heavy atom. The molecule has 1 aliphatic heterocycles. The number of nitrogens with one attached hydrogen (secondary N) is 2. The van der Waals surface area contributed by atoms with Gasteiger partial charge in [0.05, 0.1) is 18.7 Å². The van der Waals surface area contributed by atoms with Crippen LogP contribution in [0.15, 0.2) is 24.3 Å². The second-order valence-electron chi connectivity index (χ2n) is 5.34. The van der Waals surface area contributed by atoms with Gasteiger partial charge in [-0.15, -0.1) is 0 Å². The van der Waals surface area contributed by atoms with Crippen LogP contribution in [0.1, 0.15) is 5.56 Å². The number of morpholine rings is 1. The van der Waals surface area contributed by atoms with Crippen molar-refractivity contribution in [2.75, 3.05) is 38.6 Å². The highest BCUT2D eigenvalue weighted by Gasteiger charge is 2.31. The maximum atomic E-state index is 12.7. The van der Waals surface area contributed by atoms with E-state index in [1.165, 1.54) is 19.2 Å². The maximum Gasteiger partial charge on any atom is 0.416 e. The van der Waals surface area contributed by atoms with E-state index in [-0.39, 0.29) is 24.7 Å². The third kappa shape index (κ3) is 4.93. The minimum absolute atomic E-state index is 0.0346. The third-order valence-electron chi connectivity index (χ3n) is 3.53. The Balaban J connectivity index is 1.92. The summed E-state index contributed by atoms with van der Waals surface area (Å²) in [6.07, 6.45) is -5.13. The van der Waals surface area contributed by atoms with E-state index in [9.17, 15) is 22.8 Å². The lowest BCUT2D eigenvalue weighted by Crippen LogP contribution is -2.50. The average Bonchev–Trinajstić information content (AvgIpc) is 2.53. The maximum absolute atomic E-state index is 12.7. The van der Waals surface area contributed by atoms with Gasteiger partial charge in [0.15, 0.2) is 0 Å². The normalized spacial score (nSPS) is 18.9. The van der Waals surface area contributed by atoms with Crippen LogP contribution in [0.4, 0.5) is 18.9 Å². The topological polar surface area (TPSA) is 70.7 Å². The lowest BCUT2D eigenvalue weighted by molar-refractivity contribution is -0.139. The first-order valence-corrected chi connectivity index (χ1v) is 7.32. The van der Waals surface area contributed by atoms with Crippen molar-refractivity contribution in [3.63, 3.8) is 0 Å². The monoisotopic (exact) mass is 345 g/mol. The molecule has 1 aromatic rings. The van der Waals surface area contributed by atoms with Gasteiger partial charge < -0.3 is 15.4 Å². The Morgan fingerprint density at radius 2 is 2.12 bits per heavy atom. The van der Waals surface area contributed by atoms with Crippen molar-refractivity contribution in [2.24, 2.45) is 0 Å². The van der Waals surface area contributed by atoms with Crippen LogP contribution >= 0.6 is 0 Å². The van der Waals surface area contributed by atoms with Gasteiger partial charge in [-0.25, -0.2) is 0 Å². The Bertz CT molecular complexity index is 607. The summed E-state index contributed by atoms with van der Waals surface area (Å²) in [6.45, 7) is 0.973. The number of carbonyl (C=O) groups excluding carboxylic acids is 2. The molecule has 2 N–H and O–H groups in total. The van der Waals surface area contributed by atoms with Crippen LogP contribution in [0, 0.1) is 0 Å². The largest absolute Gasteiger partial charge is 0.416 e. The molecule has 2 rings (SSSR count). The molecule has 0 aromatic heterocycles. The first-order valence-electron chi connectivity index (χ1n) is 7.32. The number of benzene rings is 1. The number of hydrogen-bond acceptors (Lipinski definition) is 4. The number of hydrogen-bond donors (Lipinski definition) is 2. The Morgan fingerprint density at radius 1 is 1.38 bits per heavy atom. The molecule has 1 unspecified atom stereocenters. The molecule has 1 atom stereocenters. The molecule has 24 heavy (non-hydrogen) atoms. The lowest BCUT2D eigenvalue weighted by Gasteiger charge is -2.31. The number of rotatable bonds is 4. The van der Waals surface area contributed by atoms with Crippen molar-refractivity contribution in [1.82, 2.24) is 10.2 Å². The summed E-state index contributed by atoms with van der Waals surface area (Å²) in [6, 6.07) is 4.44. The highest BCUT2D eigenvalue weighted by molar-refractivity contribution is 5.92. The highest BCUT2D eigenvalue weighted by atomic mass is 19.4. The molecule has 1 heterocycles. The van der Waals surface area contributed by atoms with E-state index in [1.807, 2.05) is 0 Å². The lowest BCUT2D eigenvalue weighted by atomic mass is 10.2. The summed E-state index contributed by atoms with van der Waals surface area (Å²) in [4.78, 5) is 25.3. The molecule has 0 radical (unpaired) electrons. The summed E-state index contributed by atoms with van der Waals surface area (Å²) in [5.74, 6) is -0.732. The SMILES string of the molecule is CNC(=O)C1CN(CC(=O)Nc2cccc(C(F)(F)F)c2)CCO1. The van der Waals surface area contributed by atoms with Gasteiger partial charge in [0, 0.05) is 25.8 Å². The molecule has 0 saturated carbocycles. The Hall–Kier alpha value is -2.13. The van der Waals surface area contributed by atoms with E-state index >= 15 is 0 Å². The average molecular weight is 345 g/mol. The molecule has 1 saturated heterocycles. The number of amides is 2. The number of halogens is 3. The molecular weight excluding hydrogens is 327 g/mol. The molecule has 132 valence electrons. The molecule has 1 fully saturated rings. The highest BCUT2D eigenvalue weighted by Crippen LogP contribution is 2.30. The quantitative estimate of drug-likeness (QED) is 0.857. The summed E-state index contributed by atoms with van der Waals surface area (Å²) < 4.78 is 43.3. The van der Waals surface area contributed by atoms with Gasteiger partial charge in [0.25, 0.3) is 0 Å². The predicted octanol–water partition coefficient (Wildman–Crippen LogP) is 1.09. The molecule has 0 bridgehead atoms. The molecule has 2 amide bonds. The van der Waals surface area contributed by atoms with Crippen LogP contribution in [0.2, 0.25) is 0 Å². The van der Waals surface area contributed by atoms with Crippen LogP contribution in [0.25, 0.3) is 0 Å². The standard InChI is InChI=1S/C15H18F3N3O3/c1-19-14(23)12-8-21(5-6-24-12)9-13(22)20-11-4-2-3-10(7-11)15(16,17)18/h2-4,7,12H,5-6,8-9H2,1H3,(H,19,23)(H,20,22). The first-order chi connectivity index (χ1) is 11.3. The molecular formula is C15H18F3N3O3. The smallest absolute Gasteiger partial charge is 0.366 e. The number of nitrogens with zero attached hydrogens (tertiary/aromatic N) is 1. The van der Waals surface area contributed by atoms with Gasteiger partial charge >= 0.3 is 6.18 Å². The molecule has 1 aromatic carbocycles.